The van der Waals surface area contributed by atoms with Crippen LogP contribution in [-0.4, -0.2) is 34.6 Å². The highest BCUT2D eigenvalue weighted by atomic mass is 16.5. The molecular weight excluding hydrogens is 238 g/mol. The Labute approximate surface area is 115 Å². The van der Waals surface area contributed by atoms with Crippen LogP contribution < -0.4 is 10.5 Å². The first kappa shape index (κ1) is 12.9. The third kappa shape index (κ3) is 2.03. The number of hydrogen-bond donors (Lipinski definition) is 1. The van der Waals surface area contributed by atoms with Crippen molar-refractivity contribution >= 4 is 0 Å². The third-order valence-electron chi connectivity index (χ3n) is 4.59. The van der Waals surface area contributed by atoms with Crippen molar-refractivity contribution in [3.8, 4) is 5.88 Å². The van der Waals surface area contributed by atoms with Crippen molar-refractivity contribution in [2.45, 2.75) is 51.3 Å². The Hall–Kier alpha value is -1.13. The number of nitrogens with two attached hydrogens (primary N) is 1. The molecule has 1 aromatic heterocycles. The summed E-state index contributed by atoms with van der Waals surface area (Å²) >= 11 is 0. The number of pyridine rings is 1. The topological polar surface area (TPSA) is 51.4 Å². The van der Waals surface area contributed by atoms with Crippen molar-refractivity contribution in [3.05, 3.63) is 23.4 Å². The molecule has 19 heavy (non-hydrogen) atoms. The van der Waals surface area contributed by atoms with Gasteiger partial charge >= 0.3 is 0 Å². The summed E-state index contributed by atoms with van der Waals surface area (Å²) in [6.07, 6.45) is 3.83. The number of fused-ring (bicyclic) bond motifs is 1. The number of rotatable bonds is 1. The fraction of sp³-hybridized carbons (Fsp3) is 0.667. The van der Waals surface area contributed by atoms with Crippen LogP contribution in [0.1, 0.15) is 43.9 Å². The van der Waals surface area contributed by atoms with Crippen LogP contribution in [0.5, 0.6) is 5.88 Å². The quantitative estimate of drug-likeness (QED) is 0.840. The Balaban J connectivity index is 1.82. The predicted molar refractivity (Wildman–Crippen MR) is 75.2 cm³/mol. The number of ether oxygens (including phenoxy) is 1. The van der Waals surface area contributed by atoms with Gasteiger partial charge in [-0.25, -0.2) is 4.98 Å². The zero-order valence-corrected chi connectivity index (χ0v) is 12.0. The van der Waals surface area contributed by atoms with E-state index in [9.17, 15) is 0 Å². The molecule has 1 saturated heterocycles. The van der Waals surface area contributed by atoms with Crippen LogP contribution in [0, 0.1) is 6.92 Å². The van der Waals surface area contributed by atoms with Gasteiger partial charge in [-0.3, -0.25) is 0 Å². The van der Waals surface area contributed by atoms with Gasteiger partial charge in [-0.05, 0) is 32.4 Å². The highest BCUT2D eigenvalue weighted by molar-refractivity contribution is 5.39. The second-order valence-corrected chi connectivity index (χ2v) is 6.18. The van der Waals surface area contributed by atoms with Gasteiger partial charge in [0.2, 0.25) is 5.88 Å². The predicted octanol–water partition coefficient (Wildman–Crippen LogP) is 2.03. The molecule has 1 atom stereocenters. The summed E-state index contributed by atoms with van der Waals surface area (Å²) in [6, 6.07) is 2.68. The Morgan fingerprint density at radius 1 is 1.42 bits per heavy atom. The van der Waals surface area contributed by atoms with E-state index in [0.29, 0.717) is 6.04 Å². The molecule has 4 nitrogen and oxygen atoms in total. The zero-order valence-electron chi connectivity index (χ0n) is 12.0. The highest BCUT2D eigenvalue weighted by Crippen LogP contribution is 2.46. The van der Waals surface area contributed by atoms with E-state index in [1.165, 1.54) is 0 Å². The average molecular weight is 261 g/mol. The Bertz CT molecular complexity index is 478. The molecule has 0 saturated carbocycles. The molecule has 1 aromatic rings. The normalized spacial score (nSPS) is 25.6. The van der Waals surface area contributed by atoms with Crippen LogP contribution in [0.2, 0.25) is 0 Å². The van der Waals surface area contributed by atoms with E-state index in [-0.39, 0.29) is 11.6 Å². The maximum Gasteiger partial charge on any atom is 0.218 e. The number of piperidine rings is 1. The lowest BCUT2D eigenvalue weighted by Gasteiger charge is -2.42. The average Bonchev–Trinajstić information content (AvgIpc) is 2.64. The standard InChI is InChI=1S/C15H23N3O/c1-10(2)18-6-4-15(5-7-18)13(16)12-8-11(3)9-17-14(12)19-15/h8-10,13H,4-7,16H2,1-3H3/t13-/m0/s1. The lowest BCUT2D eigenvalue weighted by atomic mass is 9.83. The Morgan fingerprint density at radius 2 is 2.11 bits per heavy atom. The first-order valence-electron chi connectivity index (χ1n) is 7.17. The molecule has 2 N–H and O–H groups in total. The van der Waals surface area contributed by atoms with Crippen LogP contribution in [0.25, 0.3) is 0 Å². The number of nitrogens with zero attached hydrogens (tertiary/aromatic N) is 2. The van der Waals surface area contributed by atoms with E-state index >= 15 is 0 Å². The minimum absolute atomic E-state index is 0.0378. The van der Waals surface area contributed by atoms with Gasteiger partial charge in [-0.2, -0.15) is 0 Å². The van der Waals surface area contributed by atoms with Crippen molar-refractivity contribution in [2.75, 3.05) is 13.1 Å². The van der Waals surface area contributed by atoms with Gasteiger partial charge in [-0.1, -0.05) is 0 Å². The number of likely N-dealkylation sites (tertiary alicyclic amines) is 1. The lowest BCUT2D eigenvalue weighted by molar-refractivity contribution is -0.00910. The van der Waals surface area contributed by atoms with Gasteiger partial charge < -0.3 is 15.4 Å². The van der Waals surface area contributed by atoms with Gasteiger partial charge in [-0.15, -0.1) is 0 Å². The van der Waals surface area contributed by atoms with Crippen LogP contribution in [0.3, 0.4) is 0 Å². The summed E-state index contributed by atoms with van der Waals surface area (Å²) in [4.78, 5) is 6.89. The summed E-state index contributed by atoms with van der Waals surface area (Å²) in [7, 11) is 0. The van der Waals surface area contributed by atoms with Crippen molar-refractivity contribution in [1.29, 1.82) is 0 Å². The fourth-order valence-corrected chi connectivity index (χ4v) is 3.26. The minimum atomic E-state index is -0.228. The highest BCUT2D eigenvalue weighted by Gasteiger charge is 2.49. The van der Waals surface area contributed by atoms with Crippen LogP contribution in [-0.2, 0) is 0 Å². The molecule has 3 heterocycles. The van der Waals surface area contributed by atoms with Crippen molar-refractivity contribution in [3.63, 3.8) is 0 Å². The fourth-order valence-electron chi connectivity index (χ4n) is 3.26. The van der Waals surface area contributed by atoms with Gasteiger partial charge in [0, 0.05) is 43.7 Å². The molecule has 0 aromatic carbocycles. The second-order valence-electron chi connectivity index (χ2n) is 6.18. The van der Waals surface area contributed by atoms with Gasteiger partial charge in [0.1, 0.15) is 5.60 Å². The third-order valence-corrected chi connectivity index (χ3v) is 4.59. The van der Waals surface area contributed by atoms with E-state index in [1.807, 2.05) is 13.1 Å². The Kier molecular flexibility index (Phi) is 3.02. The van der Waals surface area contributed by atoms with E-state index in [0.717, 1.165) is 42.9 Å². The molecule has 1 fully saturated rings. The molecule has 1 spiro atoms. The SMILES string of the molecule is Cc1cnc2c(c1)[C@H](N)C1(CCN(C(C)C)CC1)O2. The summed E-state index contributed by atoms with van der Waals surface area (Å²) in [5.74, 6) is 0.746. The number of aryl methyl sites for hydroxylation is 1. The van der Waals surface area contributed by atoms with Crippen molar-refractivity contribution < 1.29 is 4.74 Å². The maximum atomic E-state index is 6.46. The molecular formula is C15H23N3O. The van der Waals surface area contributed by atoms with Crippen LogP contribution >= 0.6 is 0 Å². The molecule has 0 bridgehead atoms. The maximum absolute atomic E-state index is 6.46. The van der Waals surface area contributed by atoms with Gasteiger partial charge in [0.15, 0.2) is 0 Å². The first-order valence-corrected chi connectivity index (χ1v) is 7.17. The van der Waals surface area contributed by atoms with Crippen LogP contribution in [0.4, 0.5) is 0 Å². The molecule has 0 amide bonds. The Morgan fingerprint density at radius 3 is 2.74 bits per heavy atom. The lowest BCUT2D eigenvalue weighted by Crippen LogP contribution is -2.52. The van der Waals surface area contributed by atoms with E-state index in [1.54, 1.807) is 0 Å². The second kappa shape index (κ2) is 4.46. The summed E-state index contributed by atoms with van der Waals surface area (Å²) in [5.41, 5.74) is 8.46. The van der Waals surface area contributed by atoms with E-state index in [2.05, 4.69) is 29.8 Å². The smallest absolute Gasteiger partial charge is 0.218 e. The summed E-state index contributed by atoms with van der Waals surface area (Å²) in [5, 5.41) is 0. The largest absolute Gasteiger partial charge is 0.469 e. The van der Waals surface area contributed by atoms with Crippen LogP contribution in [0.15, 0.2) is 12.3 Å². The molecule has 3 rings (SSSR count). The summed E-state index contributed by atoms with van der Waals surface area (Å²) in [6.45, 7) is 8.64. The van der Waals surface area contributed by atoms with Gasteiger partial charge in [0.05, 0.1) is 6.04 Å². The molecule has 0 radical (unpaired) electrons. The van der Waals surface area contributed by atoms with E-state index < -0.39 is 0 Å². The molecule has 2 aliphatic heterocycles. The van der Waals surface area contributed by atoms with Gasteiger partial charge in [0.25, 0.3) is 0 Å². The molecule has 4 heteroatoms. The zero-order chi connectivity index (χ0) is 13.6. The monoisotopic (exact) mass is 261 g/mol. The summed E-state index contributed by atoms with van der Waals surface area (Å²) < 4.78 is 6.17. The van der Waals surface area contributed by atoms with E-state index in [4.69, 9.17) is 10.5 Å². The molecule has 0 unspecified atom stereocenters. The van der Waals surface area contributed by atoms with Crippen molar-refractivity contribution in [1.82, 2.24) is 9.88 Å². The number of hydrogen-bond acceptors (Lipinski definition) is 4. The molecule has 0 aliphatic carbocycles. The van der Waals surface area contributed by atoms with Crippen molar-refractivity contribution in [2.24, 2.45) is 5.73 Å². The number of aromatic nitrogens is 1. The molecule has 104 valence electrons. The minimum Gasteiger partial charge on any atom is -0.469 e. The molecule has 2 aliphatic rings. The first-order chi connectivity index (χ1) is 9.02.